The van der Waals surface area contributed by atoms with Crippen molar-refractivity contribution in [2.75, 3.05) is 0 Å². The maximum atomic E-state index is 12.4. The molecular weight excluding hydrogens is 244 g/mol. The van der Waals surface area contributed by atoms with E-state index in [-0.39, 0.29) is 0 Å². The second kappa shape index (κ2) is 5.14. The Labute approximate surface area is 115 Å². The highest BCUT2D eigenvalue weighted by Gasteiger charge is 2.52. The molecule has 0 spiro atoms. The molecule has 1 fully saturated rings. The fraction of sp³-hybridized carbons (Fsp3) is 0.867. The predicted molar refractivity (Wildman–Crippen MR) is 72.6 cm³/mol. The zero-order valence-electron chi connectivity index (χ0n) is 13.0. The Morgan fingerprint density at radius 3 is 1.37 bits per heavy atom. The molecule has 1 rings (SSSR count). The summed E-state index contributed by atoms with van der Waals surface area (Å²) in [4.78, 5) is 24.8. The molecule has 110 valence electrons. The molecule has 0 atom stereocenters. The molecule has 4 heteroatoms. The van der Waals surface area contributed by atoms with Crippen LogP contribution in [0.25, 0.3) is 0 Å². The highest BCUT2D eigenvalue weighted by atomic mass is 16.6. The van der Waals surface area contributed by atoms with E-state index in [1.165, 1.54) is 0 Å². The number of carbonyl (C=O) groups is 2. The second-order valence-corrected chi connectivity index (χ2v) is 7.29. The van der Waals surface area contributed by atoms with Crippen LogP contribution in [0.5, 0.6) is 0 Å². The van der Waals surface area contributed by atoms with Gasteiger partial charge in [-0.3, -0.25) is 9.59 Å². The lowest BCUT2D eigenvalue weighted by Gasteiger charge is -2.32. The number of hydrogen-bond donors (Lipinski definition) is 0. The zero-order chi connectivity index (χ0) is 14.9. The molecule has 1 aliphatic rings. The summed E-state index contributed by atoms with van der Waals surface area (Å²) in [7, 11) is 0. The first-order valence-electron chi connectivity index (χ1n) is 6.93. The van der Waals surface area contributed by atoms with Crippen LogP contribution in [0.3, 0.4) is 0 Å². The van der Waals surface area contributed by atoms with Crippen molar-refractivity contribution < 1.29 is 19.1 Å². The minimum atomic E-state index is -1.10. The number of carbonyl (C=O) groups excluding carboxylic acids is 2. The predicted octanol–water partition coefficient (Wildman–Crippen LogP) is 3.23. The van der Waals surface area contributed by atoms with Gasteiger partial charge in [0, 0.05) is 0 Å². The smallest absolute Gasteiger partial charge is 0.324 e. The van der Waals surface area contributed by atoms with Crippen LogP contribution in [0.15, 0.2) is 0 Å². The Balaban J connectivity index is 2.92. The molecule has 0 amide bonds. The van der Waals surface area contributed by atoms with Gasteiger partial charge in [-0.1, -0.05) is 12.8 Å². The fourth-order valence-corrected chi connectivity index (χ4v) is 2.22. The van der Waals surface area contributed by atoms with Crippen LogP contribution in [0.1, 0.15) is 67.2 Å². The molecule has 0 aliphatic heterocycles. The molecule has 0 aromatic heterocycles. The highest BCUT2D eigenvalue weighted by Crippen LogP contribution is 2.42. The first kappa shape index (κ1) is 16.0. The van der Waals surface area contributed by atoms with Gasteiger partial charge in [-0.05, 0) is 54.4 Å². The number of rotatable bonds is 2. The summed E-state index contributed by atoms with van der Waals surface area (Å²) in [6, 6.07) is 0. The summed E-state index contributed by atoms with van der Waals surface area (Å²) in [5.74, 6) is -0.876. The van der Waals surface area contributed by atoms with E-state index in [9.17, 15) is 9.59 Å². The van der Waals surface area contributed by atoms with E-state index < -0.39 is 28.6 Å². The first-order chi connectivity index (χ1) is 8.46. The van der Waals surface area contributed by atoms with Crippen LogP contribution >= 0.6 is 0 Å². The lowest BCUT2D eigenvalue weighted by Crippen LogP contribution is -2.45. The molecule has 4 nitrogen and oxygen atoms in total. The molecule has 0 bridgehead atoms. The van der Waals surface area contributed by atoms with Crippen molar-refractivity contribution in [2.45, 2.75) is 78.4 Å². The number of ether oxygens (including phenoxy) is 2. The van der Waals surface area contributed by atoms with Crippen LogP contribution < -0.4 is 0 Å². The summed E-state index contributed by atoms with van der Waals surface area (Å²) in [6.45, 7) is 10.8. The van der Waals surface area contributed by atoms with Crippen LogP contribution in [0.2, 0.25) is 0 Å². The van der Waals surface area contributed by atoms with E-state index >= 15 is 0 Å². The molecular formula is C15H26O4. The Bertz CT molecular complexity index is 321. The third-order valence-electron chi connectivity index (χ3n) is 3.04. The molecule has 0 saturated heterocycles. The van der Waals surface area contributed by atoms with Gasteiger partial charge in [-0.15, -0.1) is 0 Å². The molecule has 0 radical (unpaired) electrons. The highest BCUT2D eigenvalue weighted by molar-refractivity contribution is 6.00. The van der Waals surface area contributed by atoms with E-state index in [0.717, 1.165) is 12.8 Å². The summed E-state index contributed by atoms with van der Waals surface area (Å²) in [5.41, 5.74) is -2.27. The summed E-state index contributed by atoms with van der Waals surface area (Å²) in [6.07, 6.45) is 2.77. The molecule has 0 heterocycles. The van der Waals surface area contributed by atoms with Crippen molar-refractivity contribution >= 4 is 11.9 Å². The standard InChI is InChI=1S/C15H26O4/c1-13(2,3)18-11(16)15(9-7-8-10-15)12(17)19-14(4,5)6/h7-10H2,1-6H3. The van der Waals surface area contributed by atoms with E-state index in [4.69, 9.17) is 9.47 Å². The average Bonchev–Trinajstić information content (AvgIpc) is 2.60. The van der Waals surface area contributed by atoms with Crippen molar-refractivity contribution in [1.82, 2.24) is 0 Å². The van der Waals surface area contributed by atoms with Crippen molar-refractivity contribution in [1.29, 1.82) is 0 Å². The van der Waals surface area contributed by atoms with Gasteiger partial charge in [0.15, 0.2) is 5.41 Å². The fourth-order valence-electron chi connectivity index (χ4n) is 2.22. The molecule has 0 aromatic carbocycles. The summed E-state index contributed by atoms with van der Waals surface area (Å²) in [5, 5.41) is 0. The minimum Gasteiger partial charge on any atom is -0.459 e. The van der Waals surface area contributed by atoms with Crippen molar-refractivity contribution in [3.05, 3.63) is 0 Å². The molecule has 0 N–H and O–H groups in total. The van der Waals surface area contributed by atoms with Gasteiger partial charge in [-0.2, -0.15) is 0 Å². The maximum absolute atomic E-state index is 12.4. The van der Waals surface area contributed by atoms with Crippen molar-refractivity contribution in [3.63, 3.8) is 0 Å². The zero-order valence-corrected chi connectivity index (χ0v) is 13.0. The van der Waals surface area contributed by atoms with E-state index in [1.54, 1.807) is 0 Å². The van der Waals surface area contributed by atoms with Crippen LogP contribution in [-0.4, -0.2) is 23.1 Å². The monoisotopic (exact) mass is 270 g/mol. The van der Waals surface area contributed by atoms with Gasteiger partial charge >= 0.3 is 11.9 Å². The molecule has 0 unspecified atom stereocenters. The quantitative estimate of drug-likeness (QED) is 0.571. The Hall–Kier alpha value is -1.06. The van der Waals surface area contributed by atoms with Gasteiger partial charge in [-0.25, -0.2) is 0 Å². The van der Waals surface area contributed by atoms with E-state index in [1.807, 2.05) is 41.5 Å². The van der Waals surface area contributed by atoms with Gasteiger partial charge in [0.25, 0.3) is 0 Å². The van der Waals surface area contributed by atoms with E-state index in [0.29, 0.717) is 12.8 Å². The normalized spacial score (nSPS) is 19.1. The lowest BCUT2D eigenvalue weighted by molar-refractivity contribution is -0.184. The SMILES string of the molecule is CC(C)(C)OC(=O)C1(C(=O)OC(C)(C)C)CCCC1. The Morgan fingerprint density at radius 1 is 0.789 bits per heavy atom. The van der Waals surface area contributed by atoms with Crippen LogP contribution in [0.4, 0.5) is 0 Å². The molecule has 1 aliphatic carbocycles. The largest absolute Gasteiger partial charge is 0.459 e. The van der Waals surface area contributed by atoms with Crippen LogP contribution in [-0.2, 0) is 19.1 Å². The van der Waals surface area contributed by atoms with Gasteiger partial charge in [0.1, 0.15) is 11.2 Å². The first-order valence-corrected chi connectivity index (χ1v) is 6.93. The van der Waals surface area contributed by atoms with Gasteiger partial charge in [0.05, 0.1) is 0 Å². The molecule has 0 aromatic rings. The molecule has 19 heavy (non-hydrogen) atoms. The third kappa shape index (κ3) is 4.22. The lowest BCUT2D eigenvalue weighted by atomic mass is 9.86. The Morgan fingerprint density at radius 2 is 1.11 bits per heavy atom. The Kier molecular flexibility index (Phi) is 4.33. The van der Waals surface area contributed by atoms with E-state index in [2.05, 4.69) is 0 Å². The maximum Gasteiger partial charge on any atom is 0.324 e. The van der Waals surface area contributed by atoms with Gasteiger partial charge in [0.2, 0.25) is 0 Å². The molecule has 1 saturated carbocycles. The van der Waals surface area contributed by atoms with Crippen LogP contribution in [0, 0.1) is 5.41 Å². The average molecular weight is 270 g/mol. The number of hydrogen-bond acceptors (Lipinski definition) is 4. The third-order valence-corrected chi connectivity index (χ3v) is 3.04. The van der Waals surface area contributed by atoms with Gasteiger partial charge < -0.3 is 9.47 Å². The second-order valence-electron chi connectivity index (χ2n) is 7.29. The summed E-state index contributed by atoms with van der Waals surface area (Å²) >= 11 is 0. The summed E-state index contributed by atoms with van der Waals surface area (Å²) < 4.78 is 10.8. The number of esters is 2. The van der Waals surface area contributed by atoms with Crippen molar-refractivity contribution in [3.8, 4) is 0 Å². The minimum absolute atomic E-state index is 0.438. The van der Waals surface area contributed by atoms with Crippen molar-refractivity contribution in [2.24, 2.45) is 5.41 Å². The topological polar surface area (TPSA) is 52.6 Å².